The first kappa shape index (κ1) is 14.8. The molecule has 2 rings (SSSR count). The molecule has 20 heavy (non-hydrogen) atoms. The molecule has 0 radical (unpaired) electrons. The van der Waals surface area contributed by atoms with Gasteiger partial charge >= 0.3 is 0 Å². The van der Waals surface area contributed by atoms with Gasteiger partial charge in [0, 0.05) is 26.3 Å². The molecular weight excluding hydrogens is 274 g/mol. The average molecular weight is 292 g/mol. The summed E-state index contributed by atoms with van der Waals surface area (Å²) in [5.41, 5.74) is 1.22. The monoisotopic (exact) mass is 291 g/mol. The van der Waals surface area contributed by atoms with Crippen molar-refractivity contribution in [2.45, 2.75) is 20.1 Å². The SMILES string of the molecule is CCOCc1nc(Cl)cc(N(C)Cc2ccccc2)n1. The number of aromatic nitrogens is 2. The lowest BCUT2D eigenvalue weighted by Crippen LogP contribution is -2.18. The maximum Gasteiger partial charge on any atom is 0.158 e. The van der Waals surface area contributed by atoms with Crippen LogP contribution in [0.5, 0.6) is 0 Å². The van der Waals surface area contributed by atoms with Crippen LogP contribution in [-0.2, 0) is 17.9 Å². The van der Waals surface area contributed by atoms with E-state index in [1.807, 2.05) is 37.1 Å². The maximum absolute atomic E-state index is 6.04. The molecule has 2 aromatic rings. The summed E-state index contributed by atoms with van der Waals surface area (Å²) in [5, 5.41) is 0.435. The lowest BCUT2D eigenvalue weighted by molar-refractivity contribution is 0.128. The average Bonchev–Trinajstić information content (AvgIpc) is 2.45. The van der Waals surface area contributed by atoms with E-state index in [1.165, 1.54) is 5.56 Å². The Morgan fingerprint density at radius 1 is 1.20 bits per heavy atom. The Kier molecular flexibility index (Phi) is 5.32. The Morgan fingerprint density at radius 3 is 2.65 bits per heavy atom. The van der Waals surface area contributed by atoms with Gasteiger partial charge in [0.1, 0.15) is 17.6 Å². The summed E-state index contributed by atoms with van der Waals surface area (Å²) in [7, 11) is 1.98. The minimum absolute atomic E-state index is 0.378. The fourth-order valence-electron chi connectivity index (χ4n) is 1.84. The molecule has 0 aliphatic carbocycles. The highest BCUT2D eigenvalue weighted by Gasteiger charge is 2.08. The molecule has 0 N–H and O–H groups in total. The summed E-state index contributed by atoms with van der Waals surface area (Å²) in [6.07, 6.45) is 0. The smallest absolute Gasteiger partial charge is 0.158 e. The second-order valence-corrected chi connectivity index (χ2v) is 4.83. The van der Waals surface area contributed by atoms with Gasteiger partial charge in [0.25, 0.3) is 0 Å². The van der Waals surface area contributed by atoms with Crippen LogP contribution in [0.1, 0.15) is 18.3 Å². The third kappa shape index (κ3) is 4.18. The first-order chi connectivity index (χ1) is 9.69. The zero-order chi connectivity index (χ0) is 14.4. The number of halogens is 1. The van der Waals surface area contributed by atoms with E-state index < -0.39 is 0 Å². The van der Waals surface area contributed by atoms with Crippen molar-refractivity contribution in [3.8, 4) is 0 Å². The van der Waals surface area contributed by atoms with Crippen LogP contribution in [0.3, 0.4) is 0 Å². The topological polar surface area (TPSA) is 38.2 Å². The van der Waals surface area contributed by atoms with Crippen LogP contribution >= 0.6 is 11.6 Å². The van der Waals surface area contributed by atoms with Gasteiger partial charge in [0.2, 0.25) is 0 Å². The minimum Gasteiger partial charge on any atom is -0.374 e. The van der Waals surface area contributed by atoms with E-state index in [0.717, 1.165) is 12.4 Å². The predicted molar refractivity (Wildman–Crippen MR) is 80.9 cm³/mol. The molecule has 4 nitrogen and oxygen atoms in total. The molecule has 1 heterocycles. The van der Waals surface area contributed by atoms with Gasteiger partial charge < -0.3 is 9.64 Å². The highest BCUT2D eigenvalue weighted by Crippen LogP contribution is 2.17. The number of anilines is 1. The fraction of sp³-hybridized carbons (Fsp3) is 0.333. The van der Waals surface area contributed by atoms with E-state index in [9.17, 15) is 0 Å². The van der Waals surface area contributed by atoms with Crippen molar-refractivity contribution in [1.82, 2.24) is 9.97 Å². The van der Waals surface area contributed by atoms with E-state index in [2.05, 4.69) is 22.1 Å². The number of ether oxygens (including phenoxy) is 1. The largest absolute Gasteiger partial charge is 0.374 e. The summed E-state index contributed by atoms with van der Waals surface area (Å²) in [6.45, 7) is 3.71. The van der Waals surface area contributed by atoms with Gasteiger partial charge in [-0.15, -0.1) is 0 Å². The lowest BCUT2D eigenvalue weighted by atomic mass is 10.2. The Hall–Kier alpha value is -1.65. The van der Waals surface area contributed by atoms with E-state index >= 15 is 0 Å². The summed E-state index contributed by atoms with van der Waals surface area (Å²) in [6, 6.07) is 12.0. The molecule has 0 aliphatic rings. The molecule has 0 spiro atoms. The molecule has 0 bridgehead atoms. The van der Waals surface area contributed by atoms with E-state index in [4.69, 9.17) is 16.3 Å². The Balaban J connectivity index is 2.12. The first-order valence-electron chi connectivity index (χ1n) is 6.55. The summed E-state index contributed by atoms with van der Waals surface area (Å²) in [5.74, 6) is 1.40. The van der Waals surface area contributed by atoms with Crippen molar-refractivity contribution in [3.05, 3.63) is 52.9 Å². The molecule has 0 saturated heterocycles. The van der Waals surface area contributed by atoms with Gasteiger partial charge in [0.15, 0.2) is 5.82 Å². The molecule has 106 valence electrons. The number of nitrogens with zero attached hydrogens (tertiary/aromatic N) is 3. The summed E-state index contributed by atoms with van der Waals surface area (Å²) < 4.78 is 5.33. The van der Waals surface area contributed by atoms with Crippen molar-refractivity contribution in [3.63, 3.8) is 0 Å². The molecule has 0 fully saturated rings. The molecule has 5 heteroatoms. The first-order valence-corrected chi connectivity index (χ1v) is 6.93. The van der Waals surface area contributed by atoms with Gasteiger partial charge in [-0.25, -0.2) is 9.97 Å². The van der Waals surface area contributed by atoms with Crippen LogP contribution in [0.15, 0.2) is 36.4 Å². The Labute approximate surface area is 124 Å². The zero-order valence-corrected chi connectivity index (χ0v) is 12.5. The molecule has 0 saturated carbocycles. The molecule has 1 aromatic heterocycles. The Morgan fingerprint density at radius 2 is 1.95 bits per heavy atom. The quantitative estimate of drug-likeness (QED) is 0.766. The molecule has 1 aromatic carbocycles. The highest BCUT2D eigenvalue weighted by atomic mass is 35.5. The van der Waals surface area contributed by atoms with Gasteiger partial charge in [-0.2, -0.15) is 0 Å². The van der Waals surface area contributed by atoms with E-state index in [1.54, 1.807) is 6.07 Å². The molecule has 0 unspecified atom stereocenters. The molecule has 0 atom stereocenters. The summed E-state index contributed by atoms with van der Waals surface area (Å²) >= 11 is 6.04. The normalized spacial score (nSPS) is 10.6. The second-order valence-electron chi connectivity index (χ2n) is 4.44. The fourth-order valence-corrected chi connectivity index (χ4v) is 2.04. The van der Waals surface area contributed by atoms with Gasteiger partial charge in [-0.05, 0) is 12.5 Å². The lowest BCUT2D eigenvalue weighted by Gasteiger charge is -2.19. The predicted octanol–water partition coefficient (Wildman–Crippen LogP) is 3.30. The van der Waals surface area contributed by atoms with Crippen LogP contribution < -0.4 is 4.90 Å². The summed E-state index contributed by atoms with van der Waals surface area (Å²) in [4.78, 5) is 10.7. The van der Waals surface area contributed by atoms with Crippen molar-refractivity contribution in [1.29, 1.82) is 0 Å². The third-order valence-corrected chi connectivity index (χ3v) is 3.01. The van der Waals surface area contributed by atoms with Crippen LogP contribution in [0.25, 0.3) is 0 Å². The standard InChI is InChI=1S/C15H18ClN3O/c1-3-20-11-14-17-13(16)9-15(18-14)19(2)10-12-7-5-4-6-8-12/h4-9H,3,10-11H2,1-2H3. The van der Waals surface area contributed by atoms with E-state index in [0.29, 0.717) is 24.2 Å². The zero-order valence-electron chi connectivity index (χ0n) is 11.7. The number of rotatable bonds is 6. The number of hydrogen-bond acceptors (Lipinski definition) is 4. The van der Waals surface area contributed by atoms with Crippen molar-refractivity contribution in [2.24, 2.45) is 0 Å². The van der Waals surface area contributed by atoms with Crippen LogP contribution in [0, 0.1) is 0 Å². The maximum atomic E-state index is 6.04. The van der Waals surface area contributed by atoms with Crippen molar-refractivity contribution < 1.29 is 4.74 Å². The van der Waals surface area contributed by atoms with Crippen molar-refractivity contribution >= 4 is 17.4 Å². The minimum atomic E-state index is 0.378. The molecule has 0 amide bonds. The van der Waals surface area contributed by atoms with Crippen LogP contribution in [0.2, 0.25) is 5.15 Å². The molecular formula is C15H18ClN3O. The highest BCUT2D eigenvalue weighted by molar-refractivity contribution is 6.29. The van der Waals surface area contributed by atoms with Gasteiger partial charge in [0.05, 0.1) is 0 Å². The van der Waals surface area contributed by atoms with Gasteiger partial charge in [-0.1, -0.05) is 41.9 Å². The van der Waals surface area contributed by atoms with Crippen LogP contribution in [0.4, 0.5) is 5.82 Å². The van der Waals surface area contributed by atoms with Gasteiger partial charge in [-0.3, -0.25) is 0 Å². The Bertz CT molecular complexity index is 548. The van der Waals surface area contributed by atoms with E-state index in [-0.39, 0.29) is 0 Å². The number of benzene rings is 1. The van der Waals surface area contributed by atoms with Crippen molar-refractivity contribution in [2.75, 3.05) is 18.6 Å². The third-order valence-electron chi connectivity index (χ3n) is 2.82. The van der Waals surface area contributed by atoms with Crippen LogP contribution in [-0.4, -0.2) is 23.6 Å². The second kappa shape index (κ2) is 7.22. The number of hydrogen-bond donors (Lipinski definition) is 0. The molecule has 0 aliphatic heterocycles.